The highest BCUT2D eigenvalue weighted by molar-refractivity contribution is 5.97. The van der Waals surface area contributed by atoms with E-state index in [2.05, 4.69) is 15.3 Å². The smallest absolute Gasteiger partial charge is 0.257 e. The van der Waals surface area contributed by atoms with Crippen LogP contribution in [0.2, 0.25) is 0 Å². The number of H-pyrrole nitrogens is 1. The van der Waals surface area contributed by atoms with Gasteiger partial charge in [-0.25, -0.2) is 4.39 Å². The summed E-state index contributed by atoms with van der Waals surface area (Å²) in [5, 5.41) is 3.12. The Morgan fingerprint density at radius 3 is 2.11 bits per heavy atom. The number of carbonyl (C=O) groups excluding carboxylic acids is 1. The first-order valence-electron chi connectivity index (χ1n) is 11.5. The third-order valence-electron chi connectivity index (χ3n) is 6.16. The SMILES string of the molecule is Cl.Cl.NC(C(=O)Nc1ccc(-c2c[nH]c(=O)c3cccnc23)c(F)c1)C(c1ccccc1)c1ccccc1. The molecular weight excluding hydrogens is 526 g/mol. The van der Waals surface area contributed by atoms with Crippen LogP contribution in [0, 0.1) is 5.82 Å². The van der Waals surface area contributed by atoms with E-state index in [1.165, 1.54) is 12.3 Å². The molecule has 1 atom stereocenters. The number of nitrogens with zero attached hydrogens (tertiary/aromatic N) is 1. The quantitative estimate of drug-likeness (QED) is 0.253. The van der Waals surface area contributed by atoms with Crippen molar-refractivity contribution in [2.75, 3.05) is 5.32 Å². The molecule has 0 saturated heterocycles. The van der Waals surface area contributed by atoms with Crippen LogP contribution in [0.15, 0.2) is 108 Å². The molecule has 1 unspecified atom stereocenters. The van der Waals surface area contributed by atoms with E-state index in [1.54, 1.807) is 30.5 Å². The standard InChI is InChI=1S/C29H23FN4O2.2ClH/c30-24-16-20(13-14-21(24)23-17-33-28(35)22-12-7-15-32-27(22)23)34-29(36)26(31)25(18-8-3-1-4-9-18)19-10-5-2-6-11-19;;/h1-17,25-26H,31H2,(H,33,35)(H,34,36);2*1H. The van der Waals surface area contributed by atoms with Gasteiger partial charge in [-0.15, -0.1) is 24.8 Å². The number of hydrogen-bond donors (Lipinski definition) is 3. The average Bonchev–Trinajstić information content (AvgIpc) is 2.91. The highest BCUT2D eigenvalue weighted by atomic mass is 35.5. The third kappa shape index (κ3) is 5.75. The number of benzene rings is 3. The van der Waals surface area contributed by atoms with Gasteiger partial charge in [-0.05, 0) is 41.5 Å². The lowest BCUT2D eigenvalue weighted by molar-refractivity contribution is -0.117. The average molecular weight is 551 g/mol. The number of nitrogens with two attached hydrogens (primary N) is 1. The van der Waals surface area contributed by atoms with Crippen LogP contribution in [0.3, 0.4) is 0 Å². The monoisotopic (exact) mass is 550 g/mol. The highest BCUT2D eigenvalue weighted by Crippen LogP contribution is 2.30. The molecule has 9 heteroatoms. The van der Waals surface area contributed by atoms with Crippen molar-refractivity contribution < 1.29 is 9.18 Å². The van der Waals surface area contributed by atoms with Crippen molar-refractivity contribution in [2.45, 2.75) is 12.0 Å². The summed E-state index contributed by atoms with van der Waals surface area (Å²) in [6, 6.07) is 25.9. The first-order chi connectivity index (χ1) is 17.5. The number of nitrogens with one attached hydrogen (secondary N) is 2. The van der Waals surface area contributed by atoms with Crippen molar-refractivity contribution in [2.24, 2.45) is 5.73 Å². The number of fused-ring (bicyclic) bond motifs is 1. The molecule has 0 aliphatic rings. The molecule has 4 N–H and O–H groups in total. The van der Waals surface area contributed by atoms with Crippen molar-refractivity contribution in [1.29, 1.82) is 0 Å². The molecule has 5 rings (SSSR count). The summed E-state index contributed by atoms with van der Waals surface area (Å²) in [7, 11) is 0. The van der Waals surface area contributed by atoms with Gasteiger partial charge >= 0.3 is 0 Å². The molecule has 0 bridgehead atoms. The lowest BCUT2D eigenvalue weighted by Crippen LogP contribution is -2.41. The van der Waals surface area contributed by atoms with Crippen LogP contribution in [-0.2, 0) is 4.79 Å². The summed E-state index contributed by atoms with van der Waals surface area (Å²) in [4.78, 5) is 32.2. The van der Waals surface area contributed by atoms with E-state index in [4.69, 9.17) is 5.73 Å². The van der Waals surface area contributed by atoms with E-state index >= 15 is 4.39 Å². The zero-order chi connectivity index (χ0) is 25.1. The Morgan fingerprint density at radius 2 is 1.50 bits per heavy atom. The van der Waals surface area contributed by atoms with E-state index in [0.29, 0.717) is 16.5 Å². The van der Waals surface area contributed by atoms with Gasteiger partial charge in [-0.3, -0.25) is 14.6 Å². The van der Waals surface area contributed by atoms with E-state index in [1.807, 2.05) is 60.7 Å². The van der Waals surface area contributed by atoms with Crippen LogP contribution in [0.25, 0.3) is 22.0 Å². The van der Waals surface area contributed by atoms with Gasteiger partial charge < -0.3 is 16.0 Å². The zero-order valence-electron chi connectivity index (χ0n) is 20.0. The minimum absolute atomic E-state index is 0. The van der Waals surface area contributed by atoms with Crippen LogP contribution >= 0.6 is 24.8 Å². The van der Waals surface area contributed by atoms with Crippen molar-refractivity contribution in [3.63, 3.8) is 0 Å². The molecule has 0 saturated carbocycles. The summed E-state index contributed by atoms with van der Waals surface area (Å²) >= 11 is 0. The van der Waals surface area contributed by atoms with Gasteiger partial charge in [-0.2, -0.15) is 0 Å². The fraction of sp³-hybridized carbons (Fsp3) is 0.0690. The van der Waals surface area contributed by atoms with Crippen molar-refractivity contribution in [1.82, 2.24) is 9.97 Å². The van der Waals surface area contributed by atoms with Gasteiger partial charge in [0.25, 0.3) is 5.56 Å². The molecule has 0 aliphatic carbocycles. The molecule has 0 radical (unpaired) electrons. The van der Waals surface area contributed by atoms with E-state index in [9.17, 15) is 9.59 Å². The van der Waals surface area contributed by atoms with E-state index in [-0.39, 0.29) is 47.5 Å². The third-order valence-corrected chi connectivity index (χ3v) is 6.16. The number of amides is 1. The Kier molecular flexibility index (Phi) is 9.36. The maximum absolute atomic E-state index is 15.2. The molecule has 0 fully saturated rings. The molecule has 194 valence electrons. The Morgan fingerprint density at radius 1 is 0.868 bits per heavy atom. The normalized spacial score (nSPS) is 11.3. The molecular formula is C29H25Cl2FN4O2. The Bertz CT molecular complexity index is 1560. The fourth-order valence-electron chi connectivity index (χ4n) is 4.41. The summed E-state index contributed by atoms with van der Waals surface area (Å²) in [5.74, 6) is -1.38. The second kappa shape index (κ2) is 12.5. The van der Waals surface area contributed by atoms with Crippen molar-refractivity contribution >= 4 is 47.3 Å². The van der Waals surface area contributed by atoms with Gasteiger partial charge in [0.2, 0.25) is 5.91 Å². The minimum atomic E-state index is -0.912. The number of pyridine rings is 2. The summed E-state index contributed by atoms with van der Waals surface area (Å²) < 4.78 is 15.2. The first-order valence-corrected chi connectivity index (χ1v) is 11.5. The number of carbonyl (C=O) groups is 1. The number of rotatable bonds is 6. The van der Waals surface area contributed by atoms with E-state index in [0.717, 1.165) is 11.1 Å². The predicted molar refractivity (Wildman–Crippen MR) is 154 cm³/mol. The molecule has 2 aromatic heterocycles. The molecule has 6 nitrogen and oxygen atoms in total. The lowest BCUT2D eigenvalue weighted by Gasteiger charge is -2.24. The molecule has 0 spiro atoms. The second-order valence-electron chi connectivity index (χ2n) is 8.44. The van der Waals surface area contributed by atoms with Crippen molar-refractivity contribution in [3.05, 3.63) is 131 Å². The minimum Gasteiger partial charge on any atom is -0.328 e. The van der Waals surface area contributed by atoms with Crippen molar-refractivity contribution in [3.8, 4) is 11.1 Å². The molecule has 3 aromatic carbocycles. The van der Waals surface area contributed by atoms with Crippen LogP contribution in [-0.4, -0.2) is 21.9 Å². The topological polar surface area (TPSA) is 101 Å². The van der Waals surface area contributed by atoms with Crippen LogP contribution in [0.1, 0.15) is 17.0 Å². The van der Waals surface area contributed by atoms with Crippen LogP contribution < -0.4 is 16.6 Å². The molecule has 0 aliphatic heterocycles. The maximum Gasteiger partial charge on any atom is 0.257 e. The zero-order valence-corrected chi connectivity index (χ0v) is 21.6. The van der Waals surface area contributed by atoms with E-state index < -0.39 is 17.8 Å². The molecule has 38 heavy (non-hydrogen) atoms. The summed E-state index contributed by atoms with van der Waals surface area (Å²) in [5.41, 5.74) is 9.35. The van der Waals surface area contributed by atoms with Gasteiger partial charge in [0.15, 0.2) is 0 Å². The van der Waals surface area contributed by atoms with Crippen LogP contribution in [0.5, 0.6) is 0 Å². The molecule has 1 amide bonds. The number of anilines is 1. The Balaban J connectivity index is 0.00000200. The fourth-order valence-corrected chi connectivity index (χ4v) is 4.41. The number of aromatic nitrogens is 2. The second-order valence-corrected chi connectivity index (χ2v) is 8.44. The number of halogens is 3. The lowest BCUT2D eigenvalue weighted by atomic mass is 9.85. The number of aromatic amines is 1. The van der Waals surface area contributed by atoms with Gasteiger partial charge in [0, 0.05) is 35.1 Å². The first kappa shape index (κ1) is 28.5. The Labute approximate surface area is 231 Å². The Hall–Kier alpha value is -4.04. The van der Waals surface area contributed by atoms with Gasteiger partial charge in [0.05, 0.1) is 16.9 Å². The largest absolute Gasteiger partial charge is 0.328 e. The number of hydrogen-bond acceptors (Lipinski definition) is 4. The summed E-state index contributed by atoms with van der Waals surface area (Å²) in [6.07, 6.45) is 2.99. The molecule has 5 aromatic rings. The van der Waals surface area contributed by atoms with Gasteiger partial charge in [0.1, 0.15) is 5.82 Å². The highest BCUT2D eigenvalue weighted by Gasteiger charge is 2.28. The predicted octanol–water partition coefficient (Wildman–Crippen LogP) is 5.67. The van der Waals surface area contributed by atoms with Crippen LogP contribution in [0.4, 0.5) is 10.1 Å². The maximum atomic E-state index is 15.2. The summed E-state index contributed by atoms with van der Waals surface area (Å²) in [6.45, 7) is 0. The van der Waals surface area contributed by atoms with Gasteiger partial charge in [-0.1, -0.05) is 60.7 Å². The molecule has 2 heterocycles.